The Bertz CT molecular complexity index is 707. The van der Waals surface area contributed by atoms with Crippen molar-refractivity contribution < 1.29 is 9.66 Å². The first-order valence-electron chi connectivity index (χ1n) is 6.88. The monoisotopic (exact) mass is 281 g/mol. The summed E-state index contributed by atoms with van der Waals surface area (Å²) in [4.78, 5) is 10.5. The first kappa shape index (κ1) is 13.4. The van der Waals surface area contributed by atoms with E-state index in [1.165, 1.54) is 17.2 Å². The molecule has 1 aliphatic carbocycles. The first-order chi connectivity index (χ1) is 10.2. The molecule has 0 heterocycles. The molecule has 0 aliphatic heterocycles. The van der Waals surface area contributed by atoms with Crippen LogP contribution in [0.15, 0.2) is 48.5 Å². The highest BCUT2D eigenvalue weighted by molar-refractivity contribution is 5.57. The molecule has 2 aromatic rings. The van der Waals surface area contributed by atoms with Crippen molar-refractivity contribution in [1.82, 2.24) is 0 Å². The molecule has 106 valence electrons. The maximum absolute atomic E-state index is 10.9. The van der Waals surface area contributed by atoms with E-state index in [-0.39, 0.29) is 5.69 Å². The number of para-hydroxylation sites is 2. The Kier molecular flexibility index (Phi) is 3.69. The molecule has 2 aromatic carbocycles. The van der Waals surface area contributed by atoms with Crippen molar-refractivity contribution >= 4 is 11.8 Å². The van der Waals surface area contributed by atoms with Gasteiger partial charge >= 0.3 is 5.69 Å². The molecular formula is C17H15NO3. The standard InChI is InChI=1S/C17H15NO3/c19-18(20)16-7-3-4-8-17(16)21-12-13-9-10-14-5-1-2-6-15(14)11-13/h2-4,6-11H,1,5,12H2. The van der Waals surface area contributed by atoms with Crippen LogP contribution in [0, 0.1) is 10.1 Å². The molecule has 0 spiro atoms. The number of benzene rings is 2. The molecule has 4 nitrogen and oxygen atoms in total. The molecule has 1 aliphatic rings. The molecule has 0 atom stereocenters. The lowest BCUT2D eigenvalue weighted by Crippen LogP contribution is -2.01. The minimum atomic E-state index is -0.426. The fraction of sp³-hybridized carbons (Fsp3) is 0.176. The van der Waals surface area contributed by atoms with Crippen molar-refractivity contribution in [3.63, 3.8) is 0 Å². The Morgan fingerprint density at radius 1 is 1.19 bits per heavy atom. The smallest absolute Gasteiger partial charge is 0.310 e. The summed E-state index contributed by atoms with van der Waals surface area (Å²) in [6, 6.07) is 12.7. The molecule has 21 heavy (non-hydrogen) atoms. The van der Waals surface area contributed by atoms with E-state index in [0.29, 0.717) is 12.4 Å². The number of aryl methyl sites for hydroxylation is 1. The molecule has 0 saturated heterocycles. The Labute approximate surface area is 122 Å². The predicted molar refractivity (Wildman–Crippen MR) is 81.2 cm³/mol. The summed E-state index contributed by atoms with van der Waals surface area (Å²) in [6.45, 7) is 0.325. The van der Waals surface area contributed by atoms with Gasteiger partial charge in [-0.25, -0.2) is 0 Å². The number of hydrogen-bond acceptors (Lipinski definition) is 3. The van der Waals surface area contributed by atoms with E-state index in [4.69, 9.17) is 4.74 Å². The predicted octanol–water partition coefficient (Wildman–Crippen LogP) is 4.13. The second-order valence-corrected chi connectivity index (χ2v) is 4.99. The van der Waals surface area contributed by atoms with Crippen LogP contribution in [0.3, 0.4) is 0 Å². The number of rotatable bonds is 4. The van der Waals surface area contributed by atoms with Gasteiger partial charge < -0.3 is 4.74 Å². The molecule has 0 radical (unpaired) electrons. The van der Waals surface area contributed by atoms with Crippen LogP contribution in [0.4, 0.5) is 5.69 Å². The molecule has 0 N–H and O–H groups in total. The number of hydrogen-bond donors (Lipinski definition) is 0. The van der Waals surface area contributed by atoms with E-state index in [0.717, 1.165) is 18.4 Å². The fourth-order valence-electron chi connectivity index (χ4n) is 2.46. The average Bonchev–Trinajstić information content (AvgIpc) is 2.53. The molecule has 0 amide bonds. The second kappa shape index (κ2) is 5.79. The van der Waals surface area contributed by atoms with Crippen molar-refractivity contribution in [2.24, 2.45) is 0 Å². The van der Waals surface area contributed by atoms with Gasteiger partial charge in [-0.1, -0.05) is 36.4 Å². The molecule has 4 heteroatoms. The minimum absolute atomic E-state index is 0.00430. The van der Waals surface area contributed by atoms with Crippen LogP contribution in [0.1, 0.15) is 23.1 Å². The van der Waals surface area contributed by atoms with Crippen LogP contribution in [0.25, 0.3) is 6.08 Å². The summed E-state index contributed by atoms with van der Waals surface area (Å²) < 4.78 is 5.61. The zero-order valence-electron chi connectivity index (χ0n) is 11.5. The third-order valence-corrected chi connectivity index (χ3v) is 3.54. The number of nitro groups is 1. The second-order valence-electron chi connectivity index (χ2n) is 4.99. The van der Waals surface area contributed by atoms with Gasteiger partial charge in [-0.2, -0.15) is 0 Å². The van der Waals surface area contributed by atoms with E-state index < -0.39 is 4.92 Å². The number of fused-ring (bicyclic) bond motifs is 1. The van der Waals surface area contributed by atoms with Gasteiger partial charge in [0.1, 0.15) is 6.61 Å². The van der Waals surface area contributed by atoms with E-state index in [2.05, 4.69) is 24.3 Å². The Morgan fingerprint density at radius 3 is 2.90 bits per heavy atom. The highest BCUT2D eigenvalue weighted by atomic mass is 16.6. The Morgan fingerprint density at radius 2 is 2.05 bits per heavy atom. The number of allylic oxidation sites excluding steroid dienone is 1. The highest BCUT2D eigenvalue weighted by Gasteiger charge is 2.14. The lowest BCUT2D eigenvalue weighted by molar-refractivity contribution is -0.385. The van der Waals surface area contributed by atoms with Crippen molar-refractivity contribution in [3.05, 3.63) is 75.3 Å². The zero-order chi connectivity index (χ0) is 14.7. The molecule has 0 saturated carbocycles. The van der Waals surface area contributed by atoms with E-state index in [1.54, 1.807) is 18.2 Å². The summed E-state index contributed by atoms with van der Waals surface area (Å²) in [6.07, 6.45) is 6.43. The van der Waals surface area contributed by atoms with Crippen LogP contribution in [0.5, 0.6) is 5.75 Å². The quantitative estimate of drug-likeness (QED) is 0.625. The van der Waals surface area contributed by atoms with Gasteiger partial charge in [-0.05, 0) is 41.7 Å². The average molecular weight is 281 g/mol. The summed E-state index contributed by atoms with van der Waals surface area (Å²) in [5.74, 6) is 0.302. The van der Waals surface area contributed by atoms with E-state index in [9.17, 15) is 10.1 Å². The number of ether oxygens (including phenoxy) is 1. The molecule has 0 bridgehead atoms. The summed E-state index contributed by atoms with van der Waals surface area (Å²) >= 11 is 0. The van der Waals surface area contributed by atoms with E-state index >= 15 is 0 Å². The van der Waals surface area contributed by atoms with Crippen LogP contribution in [-0.4, -0.2) is 4.92 Å². The number of nitro benzene ring substituents is 1. The van der Waals surface area contributed by atoms with Gasteiger partial charge in [0, 0.05) is 6.07 Å². The molecule has 3 rings (SSSR count). The van der Waals surface area contributed by atoms with Gasteiger partial charge in [0.05, 0.1) is 4.92 Å². The minimum Gasteiger partial charge on any atom is -0.482 e. The normalized spacial score (nSPS) is 12.8. The van der Waals surface area contributed by atoms with Crippen LogP contribution < -0.4 is 4.74 Å². The maximum atomic E-state index is 10.9. The van der Waals surface area contributed by atoms with Gasteiger partial charge in [0.15, 0.2) is 5.75 Å². The third-order valence-electron chi connectivity index (χ3n) is 3.54. The maximum Gasteiger partial charge on any atom is 0.310 e. The molecule has 0 aromatic heterocycles. The van der Waals surface area contributed by atoms with E-state index in [1.807, 2.05) is 6.07 Å². The molecular weight excluding hydrogens is 266 g/mol. The lowest BCUT2D eigenvalue weighted by Gasteiger charge is -2.12. The van der Waals surface area contributed by atoms with Crippen molar-refractivity contribution in [2.45, 2.75) is 19.4 Å². The third kappa shape index (κ3) is 2.94. The Hall–Kier alpha value is -2.62. The van der Waals surface area contributed by atoms with Crippen molar-refractivity contribution in [2.75, 3.05) is 0 Å². The summed E-state index contributed by atoms with van der Waals surface area (Å²) in [5, 5.41) is 10.9. The van der Waals surface area contributed by atoms with Gasteiger partial charge in [0.2, 0.25) is 0 Å². The SMILES string of the molecule is O=[N+]([O-])c1ccccc1OCc1ccc2c(c1)C=CCC2. The summed E-state index contributed by atoms with van der Waals surface area (Å²) in [5.41, 5.74) is 3.56. The van der Waals surface area contributed by atoms with Crippen LogP contribution >= 0.6 is 0 Å². The fourth-order valence-corrected chi connectivity index (χ4v) is 2.46. The lowest BCUT2D eigenvalue weighted by atomic mass is 9.96. The molecule has 0 unspecified atom stereocenters. The topological polar surface area (TPSA) is 52.4 Å². The largest absolute Gasteiger partial charge is 0.482 e. The van der Waals surface area contributed by atoms with Gasteiger partial charge in [-0.3, -0.25) is 10.1 Å². The van der Waals surface area contributed by atoms with Crippen molar-refractivity contribution in [3.8, 4) is 5.75 Å². The van der Waals surface area contributed by atoms with Gasteiger partial charge in [-0.15, -0.1) is 0 Å². The Balaban J connectivity index is 1.77. The number of nitrogens with zero attached hydrogens (tertiary/aromatic N) is 1. The summed E-state index contributed by atoms with van der Waals surface area (Å²) in [7, 11) is 0. The van der Waals surface area contributed by atoms with Gasteiger partial charge in [0.25, 0.3) is 0 Å². The van der Waals surface area contributed by atoms with Crippen LogP contribution in [-0.2, 0) is 13.0 Å². The van der Waals surface area contributed by atoms with Crippen molar-refractivity contribution in [1.29, 1.82) is 0 Å². The first-order valence-corrected chi connectivity index (χ1v) is 6.88. The zero-order valence-corrected chi connectivity index (χ0v) is 11.5. The van der Waals surface area contributed by atoms with Crippen LogP contribution in [0.2, 0.25) is 0 Å². The highest BCUT2D eigenvalue weighted by Crippen LogP contribution is 2.27. The molecule has 0 fully saturated rings.